The molecule has 1 aliphatic carbocycles. The molecule has 0 bridgehead atoms. The molecule has 0 radical (unpaired) electrons. The number of hydrogen-bond donors (Lipinski definition) is 1. The Balaban J connectivity index is 1.81. The van der Waals surface area contributed by atoms with Crippen molar-refractivity contribution < 1.29 is 4.39 Å². The first-order chi connectivity index (χ1) is 9.33. The maximum Gasteiger partial charge on any atom is 0.123 e. The fourth-order valence-corrected chi connectivity index (χ4v) is 2.32. The van der Waals surface area contributed by atoms with E-state index in [0.717, 1.165) is 23.4 Å². The minimum atomic E-state index is -0.207. The number of nitrogens with zero attached hydrogens (tertiary/aromatic N) is 1. The van der Waals surface area contributed by atoms with Gasteiger partial charge in [0.1, 0.15) is 5.82 Å². The summed E-state index contributed by atoms with van der Waals surface area (Å²) >= 11 is 0. The van der Waals surface area contributed by atoms with E-state index in [0.29, 0.717) is 6.04 Å². The predicted molar refractivity (Wildman–Crippen MR) is 74.1 cm³/mol. The summed E-state index contributed by atoms with van der Waals surface area (Å²) in [6.45, 7) is 0.776. The van der Waals surface area contributed by atoms with Crippen molar-refractivity contribution >= 4 is 0 Å². The van der Waals surface area contributed by atoms with Crippen LogP contribution in [0.3, 0.4) is 0 Å². The number of nitrogens with one attached hydrogen (secondary N) is 1. The summed E-state index contributed by atoms with van der Waals surface area (Å²) in [5.74, 6) is -0.207. The summed E-state index contributed by atoms with van der Waals surface area (Å²) in [6.07, 6.45) is 5.66. The second kappa shape index (κ2) is 5.49. The van der Waals surface area contributed by atoms with Crippen LogP contribution in [-0.4, -0.2) is 11.0 Å². The van der Waals surface area contributed by atoms with Crippen LogP contribution < -0.4 is 5.32 Å². The lowest BCUT2D eigenvalue weighted by molar-refractivity contribution is 0.337. The van der Waals surface area contributed by atoms with E-state index in [9.17, 15) is 4.39 Å². The molecule has 0 atom stereocenters. The summed E-state index contributed by atoms with van der Waals surface area (Å²) in [7, 11) is 0. The first-order valence-corrected chi connectivity index (χ1v) is 6.76. The van der Waals surface area contributed by atoms with Crippen molar-refractivity contribution in [2.75, 3.05) is 0 Å². The molecule has 3 rings (SSSR count). The van der Waals surface area contributed by atoms with Gasteiger partial charge < -0.3 is 5.32 Å². The molecular weight excluding hydrogens is 239 g/mol. The molecule has 1 aromatic carbocycles. The third-order valence-electron chi connectivity index (χ3n) is 3.71. The molecule has 1 N–H and O–H groups in total. The van der Waals surface area contributed by atoms with Gasteiger partial charge in [0, 0.05) is 24.3 Å². The van der Waals surface area contributed by atoms with Gasteiger partial charge in [-0.3, -0.25) is 4.98 Å². The number of pyridine rings is 1. The van der Waals surface area contributed by atoms with Gasteiger partial charge in [-0.2, -0.15) is 0 Å². The first kappa shape index (κ1) is 12.3. The molecule has 0 amide bonds. The normalized spacial score (nSPS) is 15.2. The molecule has 2 nitrogen and oxygen atoms in total. The van der Waals surface area contributed by atoms with Crippen LogP contribution in [0.25, 0.3) is 11.1 Å². The molecule has 3 heteroatoms. The number of rotatable bonds is 4. The summed E-state index contributed by atoms with van der Waals surface area (Å²) in [5, 5.41) is 3.52. The topological polar surface area (TPSA) is 24.9 Å². The van der Waals surface area contributed by atoms with E-state index in [1.165, 1.54) is 31.4 Å². The molecule has 1 heterocycles. The first-order valence-electron chi connectivity index (χ1n) is 6.76. The zero-order valence-electron chi connectivity index (χ0n) is 10.8. The lowest BCUT2D eigenvalue weighted by Gasteiger charge is -2.26. The van der Waals surface area contributed by atoms with Gasteiger partial charge in [0.05, 0.1) is 5.69 Å². The van der Waals surface area contributed by atoms with Crippen LogP contribution in [0.5, 0.6) is 0 Å². The number of aromatic nitrogens is 1. The minimum Gasteiger partial charge on any atom is -0.308 e. The van der Waals surface area contributed by atoms with Crippen molar-refractivity contribution in [3.63, 3.8) is 0 Å². The van der Waals surface area contributed by atoms with Crippen molar-refractivity contribution in [2.24, 2.45) is 0 Å². The molecular formula is C16H17FN2. The molecule has 0 saturated heterocycles. The molecule has 98 valence electrons. The van der Waals surface area contributed by atoms with E-state index < -0.39 is 0 Å². The highest BCUT2D eigenvalue weighted by atomic mass is 19.1. The van der Waals surface area contributed by atoms with Gasteiger partial charge in [-0.05, 0) is 36.6 Å². The zero-order valence-corrected chi connectivity index (χ0v) is 10.8. The van der Waals surface area contributed by atoms with Crippen molar-refractivity contribution in [3.8, 4) is 11.1 Å². The van der Waals surface area contributed by atoms with Crippen LogP contribution in [0.4, 0.5) is 4.39 Å². The number of hydrogen-bond acceptors (Lipinski definition) is 2. The highest BCUT2D eigenvalue weighted by molar-refractivity contribution is 5.65. The quantitative estimate of drug-likeness (QED) is 0.905. The van der Waals surface area contributed by atoms with Gasteiger partial charge in [-0.25, -0.2) is 4.39 Å². The molecule has 2 aromatic rings. The average Bonchev–Trinajstić information content (AvgIpc) is 2.39. The second-order valence-corrected chi connectivity index (χ2v) is 5.01. The van der Waals surface area contributed by atoms with Crippen LogP contribution in [0, 0.1) is 5.82 Å². The third kappa shape index (κ3) is 2.82. The monoisotopic (exact) mass is 256 g/mol. The molecule has 1 aliphatic rings. The van der Waals surface area contributed by atoms with Gasteiger partial charge in [0.2, 0.25) is 0 Å². The Hall–Kier alpha value is -1.74. The van der Waals surface area contributed by atoms with E-state index in [1.807, 2.05) is 18.3 Å². The minimum absolute atomic E-state index is 0.207. The Labute approximate surface area is 112 Å². The summed E-state index contributed by atoms with van der Waals surface area (Å²) in [6, 6.07) is 11.2. The second-order valence-electron chi connectivity index (χ2n) is 5.01. The average molecular weight is 256 g/mol. The summed E-state index contributed by atoms with van der Waals surface area (Å²) < 4.78 is 13.0. The predicted octanol–water partition coefficient (Wildman–Crippen LogP) is 3.53. The molecule has 0 aliphatic heterocycles. The summed E-state index contributed by atoms with van der Waals surface area (Å²) in [5.41, 5.74) is 3.12. The van der Waals surface area contributed by atoms with Crippen molar-refractivity contribution in [2.45, 2.75) is 31.8 Å². The van der Waals surface area contributed by atoms with Gasteiger partial charge in [0.15, 0.2) is 0 Å². The van der Waals surface area contributed by atoms with Crippen LogP contribution in [0.2, 0.25) is 0 Å². The smallest absolute Gasteiger partial charge is 0.123 e. The maximum atomic E-state index is 13.0. The molecule has 0 spiro atoms. The molecule has 1 aromatic heterocycles. The van der Waals surface area contributed by atoms with E-state index in [4.69, 9.17) is 0 Å². The third-order valence-corrected chi connectivity index (χ3v) is 3.71. The van der Waals surface area contributed by atoms with Crippen molar-refractivity contribution in [3.05, 3.63) is 54.1 Å². The SMILES string of the molecule is Fc1ccc(-c2cccnc2CNC2CCC2)cc1. The van der Waals surface area contributed by atoms with Gasteiger partial charge in [-0.1, -0.05) is 24.6 Å². The Morgan fingerprint density at radius 2 is 1.95 bits per heavy atom. The number of benzene rings is 1. The lowest BCUT2D eigenvalue weighted by Crippen LogP contribution is -2.34. The Morgan fingerprint density at radius 1 is 1.16 bits per heavy atom. The Bertz CT molecular complexity index is 547. The van der Waals surface area contributed by atoms with E-state index in [2.05, 4.69) is 10.3 Å². The van der Waals surface area contributed by atoms with Gasteiger partial charge >= 0.3 is 0 Å². The van der Waals surface area contributed by atoms with E-state index in [-0.39, 0.29) is 5.82 Å². The van der Waals surface area contributed by atoms with Gasteiger partial charge in [-0.15, -0.1) is 0 Å². The van der Waals surface area contributed by atoms with Crippen molar-refractivity contribution in [1.29, 1.82) is 0 Å². The van der Waals surface area contributed by atoms with E-state index >= 15 is 0 Å². The van der Waals surface area contributed by atoms with Crippen molar-refractivity contribution in [1.82, 2.24) is 10.3 Å². The van der Waals surface area contributed by atoms with Gasteiger partial charge in [0.25, 0.3) is 0 Å². The Morgan fingerprint density at radius 3 is 2.63 bits per heavy atom. The largest absolute Gasteiger partial charge is 0.308 e. The van der Waals surface area contributed by atoms with Crippen LogP contribution in [0.1, 0.15) is 25.0 Å². The molecule has 0 unspecified atom stereocenters. The molecule has 19 heavy (non-hydrogen) atoms. The van der Waals surface area contributed by atoms with E-state index in [1.54, 1.807) is 12.1 Å². The maximum absolute atomic E-state index is 13.0. The zero-order chi connectivity index (χ0) is 13.1. The number of halogens is 1. The van der Waals surface area contributed by atoms with Crippen LogP contribution in [-0.2, 0) is 6.54 Å². The Kier molecular flexibility index (Phi) is 3.56. The molecule has 1 fully saturated rings. The fraction of sp³-hybridized carbons (Fsp3) is 0.312. The highest BCUT2D eigenvalue weighted by Crippen LogP contribution is 2.24. The molecule has 1 saturated carbocycles. The highest BCUT2D eigenvalue weighted by Gasteiger charge is 2.17. The van der Waals surface area contributed by atoms with Crippen LogP contribution >= 0.6 is 0 Å². The fourth-order valence-electron chi connectivity index (χ4n) is 2.32. The summed E-state index contributed by atoms with van der Waals surface area (Å²) in [4.78, 5) is 4.45. The van der Waals surface area contributed by atoms with Crippen LogP contribution in [0.15, 0.2) is 42.6 Å². The lowest BCUT2D eigenvalue weighted by atomic mass is 9.93. The standard InChI is InChI=1S/C16H17FN2/c17-13-8-6-12(7-9-13)15-5-2-10-18-16(15)11-19-14-3-1-4-14/h2,5-10,14,19H,1,3-4,11H2.